The van der Waals surface area contributed by atoms with Crippen LogP contribution < -0.4 is 0 Å². The van der Waals surface area contributed by atoms with E-state index in [4.69, 9.17) is 0 Å². The molecule has 1 aliphatic rings. The fourth-order valence-electron chi connectivity index (χ4n) is 2.98. The van der Waals surface area contributed by atoms with Crippen LogP contribution in [0.15, 0.2) is 62.4 Å². The normalized spacial score (nSPS) is 19.7. The van der Waals surface area contributed by atoms with Gasteiger partial charge in [0, 0.05) is 21.5 Å². The van der Waals surface area contributed by atoms with Gasteiger partial charge in [-0.1, -0.05) is 46.3 Å². The van der Waals surface area contributed by atoms with Gasteiger partial charge in [0.25, 0.3) is 0 Å². The average molecular weight is 523 g/mol. The van der Waals surface area contributed by atoms with E-state index >= 15 is 0 Å². The molecule has 140 valence electrons. The van der Waals surface area contributed by atoms with Gasteiger partial charge in [-0.25, -0.2) is 16.8 Å². The van der Waals surface area contributed by atoms with Crippen molar-refractivity contribution in [3.63, 3.8) is 0 Å². The Morgan fingerprint density at radius 2 is 1.77 bits per heavy atom. The van der Waals surface area contributed by atoms with E-state index in [1.807, 2.05) is 30.3 Å². The van der Waals surface area contributed by atoms with Gasteiger partial charge in [0.1, 0.15) is 0 Å². The van der Waals surface area contributed by atoms with Gasteiger partial charge in [0.15, 0.2) is 9.84 Å². The molecule has 0 aromatic heterocycles. The molecule has 1 atom stereocenters. The number of hydrogen-bond donors (Lipinski definition) is 0. The summed E-state index contributed by atoms with van der Waals surface area (Å²) in [7, 11) is -7.11. The zero-order valence-electron chi connectivity index (χ0n) is 13.7. The van der Waals surface area contributed by atoms with Crippen molar-refractivity contribution in [2.45, 2.75) is 23.9 Å². The van der Waals surface area contributed by atoms with Crippen molar-refractivity contribution in [2.75, 3.05) is 11.5 Å². The summed E-state index contributed by atoms with van der Waals surface area (Å²) in [5.74, 6) is -0.136. The summed E-state index contributed by atoms with van der Waals surface area (Å²) in [6, 6.07) is 13.5. The molecule has 0 radical (unpaired) electrons. The van der Waals surface area contributed by atoms with Gasteiger partial charge in [-0.3, -0.25) is 0 Å². The highest BCUT2D eigenvalue weighted by molar-refractivity contribution is 9.11. The molecule has 3 rings (SSSR count). The first-order valence-electron chi connectivity index (χ1n) is 7.90. The van der Waals surface area contributed by atoms with Crippen LogP contribution >= 0.6 is 31.9 Å². The summed E-state index contributed by atoms with van der Waals surface area (Å²) in [6.45, 7) is 0.127. The molecule has 0 aliphatic carbocycles. The Labute approximate surface area is 170 Å². The molecule has 0 N–H and O–H groups in total. The van der Waals surface area contributed by atoms with E-state index < -0.39 is 25.9 Å². The highest BCUT2D eigenvalue weighted by atomic mass is 79.9. The first-order valence-corrected chi connectivity index (χ1v) is 12.7. The molecule has 1 saturated heterocycles. The second-order valence-electron chi connectivity index (χ2n) is 6.17. The van der Waals surface area contributed by atoms with E-state index in [9.17, 15) is 16.8 Å². The highest BCUT2D eigenvalue weighted by Gasteiger charge is 2.39. The molecular weight excluding hydrogens is 506 g/mol. The van der Waals surface area contributed by atoms with Crippen LogP contribution in [-0.4, -0.2) is 38.7 Å². The molecule has 2 aromatic carbocycles. The van der Waals surface area contributed by atoms with Gasteiger partial charge in [-0.05, 0) is 46.1 Å². The molecule has 9 heteroatoms. The van der Waals surface area contributed by atoms with Crippen molar-refractivity contribution >= 4 is 51.7 Å². The zero-order valence-corrected chi connectivity index (χ0v) is 18.5. The molecule has 1 fully saturated rings. The third-order valence-electron chi connectivity index (χ3n) is 4.28. The molecule has 0 unspecified atom stereocenters. The van der Waals surface area contributed by atoms with E-state index in [1.54, 1.807) is 12.1 Å². The monoisotopic (exact) mass is 521 g/mol. The maximum Gasteiger partial charge on any atom is 0.244 e. The van der Waals surface area contributed by atoms with E-state index in [0.29, 0.717) is 15.4 Å². The quantitative estimate of drug-likeness (QED) is 0.601. The number of halogens is 2. The van der Waals surface area contributed by atoms with Crippen molar-refractivity contribution in [1.29, 1.82) is 0 Å². The molecule has 26 heavy (non-hydrogen) atoms. The van der Waals surface area contributed by atoms with Crippen molar-refractivity contribution < 1.29 is 16.8 Å². The number of benzene rings is 2. The van der Waals surface area contributed by atoms with E-state index in [-0.39, 0.29) is 22.9 Å². The summed E-state index contributed by atoms with van der Waals surface area (Å²) in [5.41, 5.74) is 0.812. The number of hydrogen-bond acceptors (Lipinski definition) is 4. The number of rotatable bonds is 5. The summed E-state index contributed by atoms with van der Waals surface area (Å²) in [6.07, 6.45) is 0.306. The maximum atomic E-state index is 13.4. The molecule has 1 heterocycles. The Morgan fingerprint density at radius 1 is 1.08 bits per heavy atom. The Balaban J connectivity index is 2.05. The second-order valence-corrected chi connectivity index (χ2v) is 12.0. The third-order valence-corrected chi connectivity index (χ3v) is 9.41. The maximum absolute atomic E-state index is 13.4. The van der Waals surface area contributed by atoms with Crippen LogP contribution in [0.1, 0.15) is 12.0 Å². The summed E-state index contributed by atoms with van der Waals surface area (Å²) in [5, 5.41) is 0. The number of sulfone groups is 1. The van der Waals surface area contributed by atoms with Crippen LogP contribution in [0, 0.1) is 0 Å². The smallest absolute Gasteiger partial charge is 0.229 e. The minimum atomic E-state index is -3.89. The summed E-state index contributed by atoms with van der Waals surface area (Å²) >= 11 is 6.61. The zero-order chi connectivity index (χ0) is 18.9. The fraction of sp³-hybridized carbons (Fsp3) is 0.294. The van der Waals surface area contributed by atoms with Gasteiger partial charge < -0.3 is 0 Å². The Bertz CT molecular complexity index is 1010. The van der Waals surface area contributed by atoms with Crippen LogP contribution in [0.25, 0.3) is 0 Å². The molecule has 0 bridgehead atoms. The van der Waals surface area contributed by atoms with E-state index in [2.05, 4.69) is 31.9 Å². The second kappa shape index (κ2) is 7.71. The molecule has 1 aliphatic heterocycles. The van der Waals surface area contributed by atoms with Crippen LogP contribution in [0.2, 0.25) is 0 Å². The Hall–Kier alpha value is -0.740. The van der Waals surface area contributed by atoms with Crippen molar-refractivity contribution in [1.82, 2.24) is 4.31 Å². The Morgan fingerprint density at radius 3 is 2.38 bits per heavy atom. The first-order chi connectivity index (χ1) is 12.2. The lowest BCUT2D eigenvalue weighted by molar-refractivity contribution is 0.334. The lowest BCUT2D eigenvalue weighted by Crippen LogP contribution is -2.40. The van der Waals surface area contributed by atoms with Gasteiger partial charge in [0.05, 0.1) is 16.4 Å². The van der Waals surface area contributed by atoms with Crippen molar-refractivity contribution in [3.8, 4) is 0 Å². The molecule has 0 amide bonds. The predicted molar refractivity (Wildman–Crippen MR) is 108 cm³/mol. The highest BCUT2D eigenvalue weighted by Crippen LogP contribution is 2.32. The Kier molecular flexibility index (Phi) is 5.93. The molecule has 5 nitrogen and oxygen atoms in total. The van der Waals surface area contributed by atoms with Gasteiger partial charge >= 0.3 is 0 Å². The average Bonchev–Trinajstić information content (AvgIpc) is 2.95. The van der Waals surface area contributed by atoms with Crippen molar-refractivity contribution in [3.05, 3.63) is 63.0 Å². The first kappa shape index (κ1) is 20.0. The molecule has 0 saturated carbocycles. The van der Waals surface area contributed by atoms with Crippen LogP contribution in [0.4, 0.5) is 0 Å². The molecular formula is C17H17Br2NO4S2. The van der Waals surface area contributed by atoms with Gasteiger partial charge in [0.2, 0.25) is 10.0 Å². The summed E-state index contributed by atoms with van der Waals surface area (Å²) < 4.78 is 53.1. The standard InChI is InChI=1S/C17H17Br2NO4S2/c18-14-6-7-16(19)17(10-14)26(23,24)20(11-13-4-2-1-3-5-13)15-8-9-25(21,22)12-15/h1-7,10,15H,8-9,11-12H2/t15-/m1/s1. The van der Waals surface area contributed by atoms with Crippen LogP contribution in [-0.2, 0) is 26.4 Å². The van der Waals surface area contributed by atoms with Gasteiger partial charge in [-0.15, -0.1) is 0 Å². The molecule has 2 aromatic rings. The SMILES string of the molecule is O=S1(=O)CC[C@@H](N(Cc2ccccc2)S(=O)(=O)c2cc(Br)ccc2Br)C1. The fourth-order valence-corrected chi connectivity index (χ4v) is 7.91. The van der Waals surface area contributed by atoms with E-state index in [0.717, 1.165) is 5.56 Å². The molecule has 0 spiro atoms. The van der Waals surface area contributed by atoms with Crippen LogP contribution in [0.3, 0.4) is 0 Å². The third kappa shape index (κ3) is 4.39. The van der Waals surface area contributed by atoms with Crippen LogP contribution in [0.5, 0.6) is 0 Å². The van der Waals surface area contributed by atoms with Crippen molar-refractivity contribution in [2.24, 2.45) is 0 Å². The minimum absolute atomic E-state index is 0.0120. The lowest BCUT2D eigenvalue weighted by atomic mass is 10.2. The number of sulfonamides is 1. The lowest BCUT2D eigenvalue weighted by Gasteiger charge is -2.28. The largest absolute Gasteiger partial charge is 0.244 e. The van der Waals surface area contributed by atoms with Gasteiger partial charge in [-0.2, -0.15) is 4.31 Å². The predicted octanol–water partition coefficient (Wildman–Crippen LogP) is 3.59. The van der Waals surface area contributed by atoms with E-state index in [1.165, 1.54) is 10.4 Å². The minimum Gasteiger partial charge on any atom is -0.229 e. The topological polar surface area (TPSA) is 71.5 Å². The number of nitrogens with zero attached hydrogens (tertiary/aromatic N) is 1. The summed E-state index contributed by atoms with van der Waals surface area (Å²) in [4.78, 5) is 0.118.